The van der Waals surface area contributed by atoms with Gasteiger partial charge in [0.15, 0.2) is 0 Å². The largest absolute Gasteiger partial charge is 0.488 e. The zero-order valence-corrected chi connectivity index (χ0v) is 16.7. The number of hydrogen-bond acceptors (Lipinski definition) is 3. The smallest absolute Gasteiger partial charge is 0.129 e. The van der Waals surface area contributed by atoms with Crippen molar-refractivity contribution in [2.75, 3.05) is 6.54 Å². The first-order valence-corrected chi connectivity index (χ1v) is 10.3. The summed E-state index contributed by atoms with van der Waals surface area (Å²) in [5, 5.41) is 1.11. The van der Waals surface area contributed by atoms with Crippen LogP contribution in [0.15, 0.2) is 89.8 Å². The lowest BCUT2D eigenvalue weighted by Gasteiger charge is -2.16. The number of allylic oxidation sites excluding steroid dienone is 1. The van der Waals surface area contributed by atoms with E-state index in [1.54, 1.807) is 6.20 Å². The topological polar surface area (TPSA) is 50.3 Å². The SMILES string of the molecule is C(=C1/CCCN=C1c1cccnc1)/c1c[nH]c2cccc(OCc3ccccc3)c12. The predicted octanol–water partition coefficient (Wildman–Crippen LogP) is 5.81. The Labute approximate surface area is 176 Å². The minimum atomic E-state index is 0.545. The van der Waals surface area contributed by atoms with Crippen molar-refractivity contribution in [2.45, 2.75) is 19.4 Å². The molecule has 5 rings (SSSR count). The molecule has 2 aromatic carbocycles. The summed E-state index contributed by atoms with van der Waals surface area (Å²) in [7, 11) is 0. The van der Waals surface area contributed by atoms with Crippen LogP contribution in [0, 0.1) is 0 Å². The number of nitrogens with one attached hydrogen (secondary N) is 1. The molecule has 0 atom stereocenters. The Hall–Kier alpha value is -3.66. The summed E-state index contributed by atoms with van der Waals surface area (Å²) in [5.41, 5.74) is 6.72. The van der Waals surface area contributed by atoms with E-state index in [-0.39, 0.29) is 0 Å². The van der Waals surface area contributed by atoms with E-state index in [9.17, 15) is 0 Å². The predicted molar refractivity (Wildman–Crippen MR) is 122 cm³/mol. The van der Waals surface area contributed by atoms with Crippen LogP contribution in [0.2, 0.25) is 0 Å². The van der Waals surface area contributed by atoms with Gasteiger partial charge in [-0.1, -0.05) is 36.4 Å². The third-order valence-corrected chi connectivity index (χ3v) is 5.38. The molecule has 4 aromatic rings. The highest BCUT2D eigenvalue weighted by atomic mass is 16.5. The minimum Gasteiger partial charge on any atom is -0.488 e. The van der Waals surface area contributed by atoms with Gasteiger partial charge in [0, 0.05) is 47.2 Å². The molecule has 4 nitrogen and oxygen atoms in total. The molecule has 30 heavy (non-hydrogen) atoms. The van der Waals surface area contributed by atoms with E-state index in [4.69, 9.17) is 9.73 Å². The number of aromatic amines is 1. The molecule has 0 fully saturated rings. The molecule has 4 heteroatoms. The van der Waals surface area contributed by atoms with Gasteiger partial charge in [0.1, 0.15) is 12.4 Å². The Balaban J connectivity index is 1.51. The average Bonchev–Trinajstić information content (AvgIpc) is 3.23. The van der Waals surface area contributed by atoms with Crippen molar-refractivity contribution in [1.82, 2.24) is 9.97 Å². The lowest BCUT2D eigenvalue weighted by Crippen LogP contribution is -2.11. The fourth-order valence-electron chi connectivity index (χ4n) is 3.93. The van der Waals surface area contributed by atoms with Gasteiger partial charge >= 0.3 is 0 Å². The maximum absolute atomic E-state index is 6.22. The zero-order valence-electron chi connectivity index (χ0n) is 16.7. The molecule has 0 amide bonds. The van der Waals surface area contributed by atoms with E-state index < -0.39 is 0 Å². The van der Waals surface area contributed by atoms with E-state index in [2.05, 4.69) is 46.5 Å². The summed E-state index contributed by atoms with van der Waals surface area (Å²) in [6.07, 6.45) is 10.1. The number of aromatic nitrogens is 2. The molecule has 1 aliphatic rings. The highest BCUT2D eigenvalue weighted by Crippen LogP contribution is 2.32. The van der Waals surface area contributed by atoms with Crippen molar-refractivity contribution in [1.29, 1.82) is 0 Å². The van der Waals surface area contributed by atoms with Gasteiger partial charge in [0.2, 0.25) is 0 Å². The molecule has 2 aromatic heterocycles. The van der Waals surface area contributed by atoms with Gasteiger partial charge in [-0.05, 0) is 54.3 Å². The molecular weight excluding hydrogens is 370 g/mol. The summed E-state index contributed by atoms with van der Waals surface area (Å²) < 4.78 is 6.22. The number of aliphatic imine (C=N–C) groups is 1. The Morgan fingerprint density at radius 2 is 1.93 bits per heavy atom. The van der Waals surface area contributed by atoms with Gasteiger partial charge in [-0.2, -0.15) is 0 Å². The highest BCUT2D eigenvalue weighted by molar-refractivity contribution is 6.16. The number of benzene rings is 2. The average molecular weight is 393 g/mol. The summed E-state index contributed by atoms with van der Waals surface area (Å²) >= 11 is 0. The number of H-pyrrole nitrogens is 1. The van der Waals surface area contributed by atoms with Crippen molar-refractivity contribution in [3.05, 3.63) is 102 Å². The van der Waals surface area contributed by atoms with Crippen molar-refractivity contribution in [3.8, 4) is 5.75 Å². The molecule has 0 spiro atoms. The normalized spacial score (nSPS) is 15.3. The summed E-state index contributed by atoms with van der Waals surface area (Å²) in [5.74, 6) is 0.889. The molecule has 148 valence electrons. The minimum absolute atomic E-state index is 0.545. The van der Waals surface area contributed by atoms with Crippen LogP contribution in [0.3, 0.4) is 0 Å². The van der Waals surface area contributed by atoms with E-state index in [0.717, 1.165) is 58.4 Å². The summed E-state index contributed by atoms with van der Waals surface area (Å²) in [6.45, 7) is 1.41. The second-order valence-electron chi connectivity index (χ2n) is 7.44. The summed E-state index contributed by atoms with van der Waals surface area (Å²) in [4.78, 5) is 12.5. The second-order valence-corrected chi connectivity index (χ2v) is 7.44. The van der Waals surface area contributed by atoms with Crippen molar-refractivity contribution < 1.29 is 4.74 Å². The maximum atomic E-state index is 6.22. The molecule has 0 radical (unpaired) electrons. The van der Waals surface area contributed by atoms with Gasteiger partial charge in [-0.15, -0.1) is 0 Å². The van der Waals surface area contributed by atoms with Crippen LogP contribution in [-0.2, 0) is 6.61 Å². The van der Waals surface area contributed by atoms with Gasteiger partial charge in [-0.25, -0.2) is 0 Å². The molecule has 3 heterocycles. The van der Waals surface area contributed by atoms with Crippen LogP contribution in [0.5, 0.6) is 5.75 Å². The van der Waals surface area contributed by atoms with Gasteiger partial charge in [-0.3, -0.25) is 9.98 Å². The summed E-state index contributed by atoms with van der Waals surface area (Å²) in [6, 6.07) is 20.5. The lowest BCUT2D eigenvalue weighted by molar-refractivity contribution is 0.310. The Bertz CT molecular complexity index is 1210. The first-order valence-electron chi connectivity index (χ1n) is 10.3. The third-order valence-electron chi connectivity index (χ3n) is 5.38. The van der Waals surface area contributed by atoms with Crippen LogP contribution in [-0.4, -0.2) is 22.2 Å². The standard InChI is InChI=1S/C26H23N3O/c1-2-7-19(8-3-1)18-30-24-12-4-11-23-25(24)22(17-29-23)15-20-9-6-14-28-26(20)21-10-5-13-27-16-21/h1-5,7-8,10-13,15-17,29H,6,9,14,18H2/b20-15+. The number of rotatable bonds is 5. The molecule has 1 N–H and O–H groups in total. The monoisotopic (exact) mass is 393 g/mol. The van der Waals surface area contributed by atoms with Crippen molar-refractivity contribution >= 4 is 22.7 Å². The van der Waals surface area contributed by atoms with E-state index in [1.807, 2.05) is 42.6 Å². The van der Waals surface area contributed by atoms with Crippen molar-refractivity contribution in [2.24, 2.45) is 4.99 Å². The fourth-order valence-corrected chi connectivity index (χ4v) is 3.93. The first-order chi connectivity index (χ1) is 14.9. The van der Waals surface area contributed by atoms with E-state index in [0.29, 0.717) is 6.61 Å². The third kappa shape index (κ3) is 3.77. The number of fused-ring (bicyclic) bond motifs is 1. The van der Waals surface area contributed by atoms with Crippen molar-refractivity contribution in [3.63, 3.8) is 0 Å². The Kier molecular flexibility index (Phi) is 5.13. The molecule has 0 saturated heterocycles. The molecular formula is C26H23N3O. The second kappa shape index (κ2) is 8.37. The van der Waals surface area contributed by atoms with Gasteiger partial charge in [0.05, 0.1) is 5.71 Å². The first kappa shape index (κ1) is 18.4. The van der Waals surface area contributed by atoms with Crippen LogP contribution < -0.4 is 4.74 Å². The van der Waals surface area contributed by atoms with Crippen LogP contribution >= 0.6 is 0 Å². The number of pyridine rings is 1. The molecule has 0 bridgehead atoms. The van der Waals surface area contributed by atoms with Crippen LogP contribution in [0.4, 0.5) is 0 Å². The van der Waals surface area contributed by atoms with Crippen LogP contribution in [0.1, 0.15) is 29.5 Å². The number of hydrogen-bond donors (Lipinski definition) is 1. The van der Waals surface area contributed by atoms with Gasteiger partial charge in [0.25, 0.3) is 0 Å². The number of nitrogens with zero attached hydrogens (tertiary/aromatic N) is 2. The zero-order chi connectivity index (χ0) is 20.2. The molecule has 0 saturated carbocycles. The van der Waals surface area contributed by atoms with E-state index in [1.165, 1.54) is 5.57 Å². The van der Waals surface area contributed by atoms with Crippen LogP contribution in [0.25, 0.3) is 17.0 Å². The molecule has 0 unspecified atom stereocenters. The molecule has 0 aliphatic carbocycles. The lowest BCUT2D eigenvalue weighted by atomic mass is 9.94. The Morgan fingerprint density at radius 3 is 2.80 bits per heavy atom. The number of ether oxygens (including phenoxy) is 1. The fraction of sp³-hybridized carbons (Fsp3) is 0.154. The Morgan fingerprint density at radius 1 is 1.00 bits per heavy atom. The van der Waals surface area contributed by atoms with E-state index >= 15 is 0 Å². The maximum Gasteiger partial charge on any atom is 0.129 e. The quantitative estimate of drug-likeness (QED) is 0.465. The highest BCUT2D eigenvalue weighted by Gasteiger charge is 2.16. The molecule has 1 aliphatic heterocycles. The van der Waals surface area contributed by atoms with Gasteiger partial charge < -0.3 is 9.72 Å².